The molecule has 0 aliphatic carbocycles. The van der Waals surface area contributed by atoms with Gasteiger partial charge in [-0.25, -0.2) is 0 Å². The number of anilines is 2. The molecular formula is C39H70N2O6Si2. The molecule has 2 aromatic carbocycles. The van der Waals surface area contributed by atoms with Gasteiger partial charge in [0, 0.05) is 89.3 Å². The van der Waals surface area contributed by atoms with Gasteiger partial charge in [0.05, 0.1) is 0 Å². The second kappa shape index (κ2) is 25.2. The molecule has 0 aliphatic heterocycles. The van der Waals surface area contributed by atoms with E-state index in [2.05, 4.69) is 72.2 Å². The Morgan fingerprint density at radius 2 is 0.694 bits per heavy atom. The number of nitrogens with zero attached hydrogens (tertiary/aromatic N) is 2. The summed E-state index contributed by atoms with van der Waals surface area (Å²) in [6.45, 7) is 24.2. The van der Waals surface area contributed by atoms with Crippen LogP contribution in [0.25, 0.3) is 0 Å². The van der Waals surface area contributed by atoms with Gasteiger partial charge in [-0.15, -0.1) is 0 Å². The van der Waals surface area contributed by atoms with E-state index in [-0.39, 0.29) is 0 Å². The van der Waals surface area contributed by atoms with E-state index in [1.165, 1.54) is 48.2 Å². The van der Waals surface area contributed by atoms with Crippen molar-refractivity contribution >= 4 is 29.0 Å². The van der Waals surface area contributed by atoms with E-state index in [4.69, 9.17) is 26.6 Å². The van der Waals surface area contributed by atoms with E-state index in [0.717, 1.165) is 57.5 Å². The van der Waals surface area contributed by atoms with Crippen LogP contribution in [0, 0.1) is 0 Å². The normalized spacial score (nSPS) is 12.1. The van der Waals surface area contributed by atoms with Crippen LogP contribution in [0.3, 0.4) is 0 Å². The van der Waals surface area contributed by atoms with E-state index >= 15 is 0 Å². The fourth-order valence-corrected chi connectivity index (χ4v) is 11.5. The molecule has 0 fully saturated rings. The van der Waals surface area contributed by atoms with Crippen molar-refractivity contribution in [2.45, 2.75) is 112 Å². The van der Waals surface area contributed by atoms with Crippen LogP contribution in [-0.4, -0.2) is 83.4 Å². The Morgan fingerprint density at radius 1 is 0.408 bits per heavy atom. The largest absolute Gasteiger partial charge is 0.500 e. The van der Waals surface area contributed by atoms with Crippen molar-refractivity contribution in [1.82, 2.24) is 0 Å². The first-order valence-electron chi connectivity index (χ1n) is 19.4. The third kappa shape index (κ3) is 15.6. The summed E-state index contributed by atoms with van der Waals surface area (Å²) in [5, 5.41) is 0. The number of unbranched alkanes of at least 4 members (excludes halogenated alkanes) is 2. The first kappa shape index (κ1) is 43.4. The smallest absolute Gasteiger partial charge is 0.374 e. The van der Waals surface area contributed by atoms with Crippen molar-refractivity contribution in [3.8, 4) is 0 Å². The Bertz CT molecular complexity index is 1020. The van der Waals surface area contributed by atoms with E-state index in [1.54, 1.807) is 0 Å². The van der Waals surface area contributed by atoms with Gasteiger partial charge in [-0.05, 0) is 109 Å². The quantitative estimate of drug-likeness (QED) is 0.0741. The van der Waals surface area contributed by atoms with Gasteiger partial charge in [0.25, 0.3) is 0 Å². The number of rotatable bonds is 30. The average molecular weight is 719 g/mol. The fourth-order valence-electron chi connectivity index (χ4n) is 6.30. The molecule has 0 saturated carbocycles. The number of benzene rings is 2. The van der Waals surface area contributed by atoms with Crippen LogP contribution in [0.15, 0.2) is 48.5 Å². The molecule has 49 heavy (non-hydrogen) atoms. The maximum Gasteiger partial charge on any atom is 0.500 e. The second-order valence-electron chi connectivity index (χ2n) is 12.4. The molecule has 10 heteroatoms. The lowest BCUT2D eigenvalue weighted by Crippen LogP contribution is -2.47. The predicted molar refractivity (Wildman–Crippen MR) is 210 cm³/mol. The van der Waals surface area contributed by atoms with Gasteiger partial charge in [0.2, 0.25) is 0 Å². The van der Waals surface area contributed by atoms with Gasteiger partial charge in [-0.2, -0.15) is 0 Å². The van der Waals surface area contributed by atoms with Crippen LogP contribution in [0.4, 0.5) is 11.4 Å². The van der Waals surface area contributed by atoms with Crippen molar-refractivity contribution in [2.75, 3.05) is 75.6 Å². The van der Waals surface area contributed by atoms with Crippen LogP contribution in [0.5, 0.6) is 0 Å². The summed E-state index contributed by atoms with van der Waals surface area (Å²) in [5.74, 6) is 0. The molecular weight excluding hydrogens is 649 g/mol. The van der Waals surface area contributed by atoms with Gasteiger partial charge >= 0.3 is 17.6 Å². The molecule has 0 radical (unpaired) electrons. The molecule has 280 valence electrons. The monoisotopic (exact) mass is 718 g/mol. The van der Waals surface area contributed by atoms with Crippen LogP contribution in [0.2, 0.25) is 12.1 Å². The van der Waals surface area contributed by atoms with Crippen LogP contribution >= 0.6 is 0 Å². The lowest BCUT2D eigenvalue weighted by Gasteiger charge is -2.32. The minimum absolute atomic E-state index is 0.592. The molecule has 0 spiro atoms. The average Bonchev–Trinajstić information content (AvgIpc) is 3.09. The van der Waals surface area contributed by atoms with Gasteiger partial charge < -0.3 is 36.4 Å². The first-order chi connectivity index (χ1) is 23.9. The van der Waals surface area contributed by atoms with Gasteiger partial charge in [-0.1, -0.05) is 51.0 Å². The molecule has 8 nitrogen and oxygen atoms in total. The minimum atomic E-state index is -2.72. The highest BCUT2D eigenvalue weighted by Gasteiger charge is 2.41. The third-order valence-corrected chi connectivity index (χ3v) is 14.9. The molecule has 0 N–H and O–H groups in total. The summed E-state index contributed by atoms with van der Waals surface area (Å²) in [6.07, 6.45) is 7.66. The molecule has 0 aliphatic rings. The van der Waals surface area contributed by atoms with Crippen molar-refractivity contribution < 1.29 is 26.6 Å². The second-order valence-corrected chi connectivity index (χ2v) is 17.8. The molecule has 0 bridgehead atoms. The number of hydrogen-bond acceptors (Lipinski definition) is 8. The third-order valence-electron chi connectivity index (χ3n) is 8.58. The van der Waals surface area contributed by atoms with Gasteiger partial charge in [0.15, 0.2) is 0 Å². The van der Waals surface area contributed by atoms with E-state index in [0.29, 0.717) is 39.6 Å². The highest BCUT2D eigenvalue weighted by molar-refractivity contribution is 6.61. The maximum atomic E-state index is 6.16. The topological polar surface area (TPSA) is 61.9 Å². The standard InChI is InChI=1S/C39H70N2O6Si2/c1-9-17-29-40(30-18-10-2)38-25-21-36(22-26-38)35-37-23-27-39(28-24-37)41(31-19-33-48(42-11-3,43-12-4)44-13-5)32-20-34-49(45-14-6,46-15-7)47-16-8/h21-28H,9-20,29-35H2,1-8H3. The zero-order valence-electron chi connectivity index (χ0n) is 32.4. The van der Waals surface area contributed by atoms with Crippen LogP contribution in [-0.2, 0) is 33.0 Å². The molecule has 0 unspecified atom stereocenters. The summed E-state index contributed by atoms with van der Waals surface area (Å²) < 4.78 is 37.0. The summed E-state index contributed by atoms with van der Waals surface area (Å²) in [4.78, 5) is 5.03. The fraction of sp³-hybridized carbons (Fsp3) is 0.692. The molecule has 0 saturated heterocycles. The van der Waals surface area contributed by atoms with Crippen molar-refractivity contribution in [3.63, 3.8) is 0 Å². The Kier molecular flexibility index (Phi) is 22.3. The zero-order chi connectivity index (χ0) is 35.8. The van der Waals surface area contributed by atoms with Crippen molar-refractivity contribution in [2.24, 2.45) is 0 Å². The Labute approximate surface area is 302 Å². The summed E-state index contributed by atoms with van der Waals surface area (Å²) in [6, 6.07) is 19.9. The molecule has 0 amide bonds. The lowest BCUT2D eigenvalue weighted by molar-refractivity contribution is 0.0705. The maximum absolute atomic E-state index is 6.16. The lowest BCUT2D eigenvalue weighted by atomic mass is 10.0. The summed E-state index contributed by atoms with van der Waals surface area (Å²) in [7, 11) is -5.43. The zero-order valence-corrected chi connectivity index (χ0v) is 34.4. The first-order valence-corrected chi connectivity index (χ1v) is 23.2. The van der Waals surface area contributed by atoms with E-state index < -0.39 is 17.6 Å². The highest BCUT2D eigenvalue weighted by atomic mass is 28.4. The van der Waals surface area contributed by atoms with Gasteiger partial charge in [-0.3, -0.25) is 0 Å². The highest BCUT2D eigenvalue weighted by Crippen LogP contribution is 2.25. The molecule has 0 heterocycles. The molecule has 0 atom stereocenters. The van der Waals surface area contributed by atoms with E-state index in [1.807, 2.05) is 41.5 Å². The number of hydrogen-bond donors (Lipinski definition) is 0. The SMILES string of the molecule is CCCCN(CCCC)c1ccc(Cc2ccc(N(CCC[Si](OCC)(OCC)OCC)CCC[Si](OCC)(OCC)OCC)cc2)cc1. The Balaban J connectivity index is 2.20. The van der Waals surface area contributed by atoms with Crippen LogP contribution in [0.1, 0.15) is 105 Å². The van der Waals surface area contributed by atoms with Gasteiger partial charge in [0.1, 0.15) is 0 Å². The van der Waals surface area contributed by atoms with Crippen LogP contribution < -0.4 is 9.80 Å². The van der Waals surface area contributed by atoms with E-state index in [9.17, 15) is 0 Å². The van der Waals surface area contributed by atoms with Crippen molar-refractivity contribution in [1.29, 1.82) is 0 Å². The summed E-state index contributed by atoms with van der Waals surface area (Å²) >= 11 is 0. The molecule has 2 aromatic rings. The Hall–Kier alpha value is -1.77. The molecule has 0 aromatic heterocycles. The van der Waals surface area contributed by atoms with Crippen molar-refractivity contribution in [3.05, 3.63) is 59.7 Å². The minimum Gasteiger partial charge on any atom is -0.374 e. The predicted octanol–water partition coefficient (Wildman–Crippen LogP) is 9.37. The summed E-state index contributed by atoms with van der Waals surface area (Å²) in [5.41, 5.74) is 5.21. The Morgan fingerprint density at radius 3 is 0.959 bits per heavy atom. The molecule has 2 rings (SSSR count).